The highest BCUT2D eigenvalue weighted by Crippen LogP contribution is 2.49. The fourth-order valence-electron chi connectivity index (χ4n) is 4.48. The molecule has 2 atom stereocenters. The van der Waals surface area contributed by atoms with Crippen LogP contribution in [0.25, 0.3) is 0 Å². The van der Waals surface area contributed by atoms with Crippen LogP contribution in [-0.4, -0.2) is 42.1 Å². The lowest BCUT2D eigenvalue weighted by Gasteiger charge is -2.57. The summed E-state index contributed by atoms with van der Waals surface area (Å²) in [6, 6.07) is 8.53. The van der Waals surface area contributed by atoms with Gasteiger partial charge < -0.3 is 15.8 Å². The van der Waals surface area contributed by atoms with Gasteiger partial charge in [-0.05, 0) is 49.9 Å². The highest BCUT2D eigenvalue weighted by atomic mass is 16.5. The number of carbonyl (C=O) groups excluding carboxylic acids is 1. The van der Waals surface area contributed by atoms with Gasteiger partial charge in [-0.2, -0.15) is 0 Å². The standard InChI is InChI=1S/C23H37N3O2/c1-5-28-20-14-23(24,22(20,3)4)21(27)25-15-18-7-6-8-19(13-18)16-26-11-9-17(2)10-12-26/h6-8,13,17,20H,5,9-12,14-16,24H2,1-4H3,(H,25,27). The number of hydrogen-bond acceptors (Lipinski definition) is 4. The molecular weight excluding hydrogens is 350 g/mol. The number of likely N-dealkylation sites (tertiary alicyclic amines) is 1. The quantitative estimate of drug-likeness (QED) is 0.754. The predicted molar refractivity (Wildman–Crippen MR) is 113 cm³/mol. The van der Waals surface area contributed by atoms with Crippen LogP contribution in [0, 0.1) is 11.3 Å². The maximum Gasteiger partial charge on any atom is 0.241 e. The Morgan fingerprint density at radius 1 is 1.29 bits per heavy atom. The number of carbonyl (C=O) groups is 1. The summed E-state index contributed by atoms with van der Waals surface area (Å²) in [5.74, 6) is 0.767. The number of nitrogens with two attached hydrogens (primary N) is 1. The Balaban J connectivity index is 1.54. The van der Waals surface area contributed by atoms with E-state index in [1.165, 1.54) is 31.5 Å². The third kappa shape index (κ3) is 4.27. The van der Waals surface area contributed by atoms with Gasteiger partial charge in [-0.25, -0.2) is 0 Å². The lowest BCUT2D eigenvalue weighted by Crippen LogP contribution is -2.75. The molecule has 1 aromatic rings. The van der Waals surface area contributed by atoms with Crippen molar-refractivity contribution in [3.8, 4) is 0 Å². The smallest absolute Gasteiger partial charge is 0.241 e. The van der Waals surface area contributed by atoms with Crippen LogP contribution in [0.1, 0.15) is 58.1 Å². The Morgan fingerprint density at radius 2 is 1.96 bits per heavy atom. The molecule has 1 heterocycles. The van der Waals surface area contributed by atoms with Gasteiger partial charge in [0.15, 0.2) is 0 Å². The highest BCUT2D eigenvalue weighted by Gasteiger charge is 2.62. The van der Waals surface area contributed by atoms with E-state index in [1.54, 1.807) is 0 Å². The van der Waals surface area contributed by atoms with Crippen molar-refractivity contribution in [3.05, 3.63) is 35.4 Å². The summed E-state index contributed by atoms with van der Waals surface area (Å²) >= 11 is 0. The number of ether oxygens (including phenoxy) is 1. The van der Waals surface area contributed by atoms with Crippen molar-refractivity contribution in [2.24, 2.45) is 17.1 Å². The van der Waals surface area contributed by atoms with Gasteiger partial charge in [-0.1, -0.05) is 45.0 Å². The number of benzene rings is 1. The van der Waals surface area contributed by atoms with Crippen LogP contribution < -0.4 is 11.1 Å². The van der Waals surface area contributed by atoms with E-state index in [9.17, 15) is 4.79 Å². The average Bonchev–Trinajstić information content (AvgIpc) is 2.68. The van der Waals surface area contributed by atoms with E-state index in [0.29, 0.717) is 19.6 Å². The Labute approximate surface area is 170 Å². The van der Waals surface area contributed by atoms with E-state index in [1.807, 2.05) is 20.8 Å². The van der Waals surface area contributed by atoms with Crippen LogP contribution in [0.2, 0.25) is 0 Å². The molecule has 2 fully saturated rings. The molecule has 5 heteroatoms. The highest BCUT2D eigenvalue weighted by molar-refractivity contribution is 5.88. The molecule has 2 aliphatic rings. The molecule has 1 aliphatic carbocycles. The van der Waals surface area contributed by atoms with E-state index in [-0.39, 0.29) is 17.4 Å². The third-order valence-electron chi connectivity index (χ3n) is 6.96. The van der Waals surface area contributed by atoms with Crippen molar-refractivity contribution >= 4 is 5.91 Å². The Hall–Kier alpha value is -1.43. The minimum atomic E-state index is -0.866. The van der Waals surface area contributed by atoms with Crippen LogP contribution in [0.5, 0.6) is 0 Å². The summed E-state index contributed by atoms with van der Waals surface area (Å²) < 4.78 is 5.73. The predicted octanol–water partition coefficient (Wildman–Crippen LogP) is 3.07. The van der Waals surface area contributed by atoms with Crippen molar-refractivity contribution in [2.45, 2.75) is 71.7 Å². The fourth-order valence-corrected chi connectivity index (χ4v) is 4.48. The van der Waals surface area contributed by atoms with Crippen molar-refractivity contribution in [3.63, 3.8) is 0 Å². The lowest BCUT2D eigenvalue weighted by atomic mass is 9.54. The van der Waals surface area contributed by atoms with Crippen molar-refractivity contribution in [1.82, 2.24) is 10.2 Å². The van der Waals surface area contributed by atoms with Gasteiger partial charge in [0.2, 0.25) is 5.91 Å². The minimum absolute atomic E-state index is 0.0452. The molecule has 5 nitrogen and oxygen atoms in total. The maximum atomic E-state index is 12.8. The molecular formula is C23H37N3O2. The Morgan fingerprint density at radius 3 is 2.61 bits per heavy atom. The molecule has 0 aromatic heterocycles. The minimum Gasteiger partial charge on any atom is -0.378 e. The van der Waals surface area contributed by atoms with Gasteiger partial charge in [0.1, 0.15) is 5.54 Å². The SMILES string of the molecule is CCOC1CC(N)(C(=O)NCc2cccc(CN3CCC(C)CC3)c2)C1(C)C. The summed E-state index contributed by atoms with van der Waals surface area (Å²) in [6.45, 7) is 12.9. The van der Waals surface area contributed by atoms with Crippen molar-refractivity contribution in [2.75, 3.05) is 19.7 Å². The van der Waals surface area contributed by atoms with E-state index >= 15 is 0 Å². The molecule has 1 saturated carbocycles. The number of hydrogen-bond donors (Lipinski definition) is 2. The second-order valence-corrected chi connectivity index (χ2v) is 9.30. The van der Waals surface area contributed by atoms with Crippen LogP contribution in [0.3, 0.4) is 0 Å². The number of rotatable bonds is 7. The first-order chi connectivity index (χ1) is 13.3. The summed E-state index contributed by atoms with van der Waals surface area (Å²) in [4.78, 5) is 15.3. The first-order valence-electron chi connectivity index (χ1n) is 10.7. The van der Waals surface area contributed by atoms with Gasteiger partial charge in [0, 0.05) is 31.5 Å². The van der Waals surface area contributed by atoms with E-state index in [2.05, 4.69) is 41.4 Å². The Kier molecular flexibility index (Phi) is 6.47. The van der Waals surface area contributed by atoms with E-state index < -0.39 is 5.54 Å². The number of piperidine rings is 1. The summed E-state index contributed by atoms with van der Waals surface area (Å²) in [6.07, 6.45) is 3.19. The fraction of sp³-hybridized carbons (Fsp3) is 0.696. The lowest BCUT2D eigenvalue weighted by molar-refractivity contribution is -0.170. The molecule has 1 aromatic carbocycles. The van der Waals surface area contributed by atoms with Gasteiger partial charge in [0.25, 0.3) is 0 Å². The molecule has 0 radical (unpaired) electrons. The van der Waals surface area contributed by atoms with Crippen LogP contribution in [0.15, 0.2) is 24.3 Å². The van der Waals surface area contributed by atoms with E-state index in [0.717, 1.165) is 18.0 Å². The first kappa shape index (κ1) is 21.3. The molecule has 156 valence electrons. The van der Waals surface area contributed by atoms with Gasteiger partial charge >= 0.3 is 0 Å². The topological polar surface area (TPSA) is 67.6 Å². The Bertz CT molecular complexity index is 682. The zero-order valence-corrected chi connectivity index (χ0v) is 18.0. The van der Waals surface area contributed by atoms with Crippen molar-refractivity contribution in [1.29, 1.82) is 0 Å². The monoisotopic (exact) mass is 387 g/mol. The van der Waals surface area contributed by atoms with Gasteiger partial charge in [-0.3, -0.25) is 9.69 Å². The second kappa shape index (κ2) is 8.52. The molecule has 3 rings (SSSR count). The molecule has 2 unspecified atom stereocenters. The van der Waals surface area contributed by atoms with Crippen LogP contribution >= 0.6 is 0 Å². The van der Waals surface area contributed by atoms with Crippen molar-refractivity contribution < 1.29 is 9.53 Å². The molecule has 1 saturated heterocycles. The van der Waals surface area contributed by atoms with Crippen LogP contribution in [0.4, 0.5) is 0 Å². The van der Waals surface area contributed by atoms with E-state index in [4.69, 9.17) is 10.5 Å². The maximum absolute atomic E-state index is 12.8. The molecule has 0 bridgehead atoms. The zero-order valence-electron chi connectivity index (χ0n) is 18.0. The normalized spacial score (nSPS) is 28.0. The van der Waals surface area contributed by atoms with Gasteiger partial charge in [-0.15, -0.1) is 0 Å². The largest absolute Gasteiger partial charge is 0.378 e. The first-order valence-corrected chi connectivity index (χ1v) is 10.7. The number of nitrogens with zero attached hydrogens (tertiary/aromatic N) is 1. The molecule has 0 spiro atoms. The zero-order chi connectivity index (χ0) is 20.4. The molecule has 1 aliphatic heterocycles. The molecule has 28 heavy (non-hydrogen) atoms. The number of amides is 1. The number of nitrogens with one attached hydrogen (secondary N) is 1. The van der Waals surface area contributed by atoms with Gasteiger partial charge in [0.05, 0.1) is 6.10 Å². The summed E-state index contributed by atoms with van der Waals surface area (Å²) in [5.41, 5.74) is 7.68. The average molecular weight is 388 g/mol. The summed E-state index contributed by atoms with van der Waals surface area (Å²) in [5, 5.41) is 3.06. The summed E-state index contributed by atoms with van der Waals surface area (Å²) in [7, 11) is 0. The molecule has 1 amide bonds. The molecule has 3 N–H and O–H groups in total. The third-order valence-corrected chi connectivity index (χ3v) is 6.96. The second-order valence-electron chi connectivity index (χ2n) is 9.30. The van der Waals surface area contributed by atoms with Crippen LogP contribution in [-0.2, 0) is 22.6 Å².